The van der Waals surface area contributed by atoms with Gasteiger partial charge in [-0.2, -0.15) is 18.3 Å². The summed E-state index contributed by atoms with van der Waals surface area (Å²) in [5.74, 6) is 0.596. The molecule has 0 aliphatic carbocycles. The number of aryl methyl sites for hydroxylation is 1. The Labute approximate surface area is 178 Å². The fourth-order valence-corrected chi connectivity index (χ4v) is 3.63. The third-order valence-corrected chi connectivity index (χ3v) is 5.10. The lowest BCUT2D eigenvalue weighted by atomic mass is 10.0. The molecule has 0 saturated carbocycles. The van der Waals surface area contributed by atoms with E-state index in [-0.39, 0.29) is 17.9 Å². The van der Waals surface area contributed by atoms with Crippen LogP contribution in [0.2, 0.25) is 0 Å². The first-order chi connectivity index (χ1) is 14.9. The molecular weight excluding hydrogens is 407 g/mol. The number of furan rings is 1. The van der Waals surface area contributed by atoms with Crippen molar-refractivity contribution in [2.75, 3.05) is 18.0 Å². The average molecular weight is 429 g/mol. The lowest BCUT2D eigenvalue weighted by molar-refractivity contribution is -0.154. The number of hydrogen-bond acceptors (Lipinski definition) is 5. The van der Waals surface area contributed by atoms with Crippen LogP contribution < -0.4 is 9.64 Å². The summed E-state index contributed by atoms with van der Waals surface area (Å²) in [4.78, 5) is 2.20. The molecule has 4 rings (SSSR count). The molecule has 3 heterocycles. The molecule has 0 amide bonds. The molecule has 1 fully saturated rings. The predicted octanol–water partition coefficient (Wildman–Crippen LogP) is 5.66. The van der Waals surface area contributed by atoms with Crippen molar-refractivity contribution in [2.24, 2.45) is 0 Å². The summed E-state index contributed by atoms with van der Waals surface area (Å²) in [5, 5.41) is 8.08. The predicted molar refractivity (Wildman–Crippen MR) is 111 cm³/mol. The number of aromatic nitrogens is 2. The van der Waals surface area contributed by atoms with Crippen molar-refractivity contribution < 1.29 is 22.3 Å². The Morgan fingerprint density at radius 1 is 1.13 bits per heavy atom. The van der Waals surface area contributed by atoms with Gasteiger partial charge in [0.2, 0.25) is 5.76 Å². The Morgan fingerprint density at radius 3 is 2.65 bits per heavy atom. The van der Waals surface area contributed by atoms with Gasteiger partial charge in [-0.25, -0.2) is 0 Å². The summed E-state index contributed by atoms with van der Waals surface area (Å²) in [6.07, 6.45) is 1.05. The van der Waals surface area contributed by atoms with Crippen molar-refractivity contribution in [1.82, 2.24) is 10.2 Å². The highest BCUT2D eigenvalue weighted by atomic mass is 19.4. The maximum atomic E-state index is 13.1. The molecule has 0 atom stereocenters. The van der Waals surface area contributed by atoms with E-state index in [1.807, 2.05) is 30.3 Å². The number of alkyl halides is 3. The Balaban J connectivity index is 1.39. The van der Waals surface area contributed by atoms with Gasteiger partial charge in [0.1, 0.15) is 18.1 Å². The Hall–Kier alpha value is -3.29. The number of nitrogens with zero attached hydrogens (tertiary/aromatic N) is 3. The number of halogens is 3. The van der Waals surface area contributed by atoms with Crippen LogP contribution in [0.25, 0.3) is 6.08 Å². The first kappa shape index (κ1) is 21.0. The highest BCUT2D eigenvalue weighted by Crippen LogP contribution is 2.34. The van der Waals surface area contributed by atoms with Gasteiger partial charge in [0.15, 0.2) is 5.82 Å². The van der Waals surface area contributed by atoms with Gasteiger partial charge in [0.05, 0.1) is 0 Å². The number of anilines is 1. The van der Waals surface area contributed by atoms with Crippen LogP contribution >= 0.6 is 0 Å². The Kier molecular flexibility index (Phi) is 5.97. The quantitative estimate of drug-likeness (QED) is 0.524. The molecule has 1 saturated heterocycles. The zero-order chi connectivity index (χ0) is 21.8. The minimum Gasteiger partial charge on any atom is -0.489 e. The normalized spacial score (nSPS) is 14.6. The zero-order valence-corrected chi connectivity index (χ0v) is 17.0. The van der Waals surface area contributed by atoms with Crippen molar-refractivity contribution in [3.8, 4) is 5.75 Å². The molecule has 162 valence electrons. The Morgan fingerprint density at radius 2 is 1.94 bits per heavy atom. The van der Waals surface area contributed by atoms with Gasteiger partial charge in [-0.15, -0.1) is 5.10 Å². The van der Waals surface area contributed by atoms with Crippen molar-refractivity contribution in [3.05, 3.63) is 76.9 Å². The summed E-state index contributed by atoms with van der Waals surface area (Å²) in [5.41, 5.74) is 2.26. The van der Waals surface area contributed by atoms with Crippen molar-refractivity contribution in [2.45, 2.75) is 32.5 Å². The van der Waals surface area contributed by atoms with Gasteiger partial charge in [0, 0.05) is 24.8 Å². The van der Waals surface area contributed by atoms with E-state index >= 15 is 0 Å². The van der Waals surface area contributed by atoms with Gasteiger partial charge < -0.3 is 14.1 Å². The molecule has 2 aromatic heterocycles. The van der Waals surface area contributed by atoms with E-state index in [0.29, 0.717) is 5.75 Å². The van der Waals surface area contributed by atoms with Crippen LogP contribution in [0.4, 0.5) is 19.0 Å². The summed E-state index contributed by atoms with van der Waals surface area (Å²) in [7, 11) is 0. The molecule has 1 aliphatic rings. The maximum Gasteiger partial charge on any atom is 0.449 e. The van der Waals surface area contributed by atoms with Gasteiger partial charge in [-0.3, -0.25) is 0 Å². The average Bonchev–Trinajstić information content (AvgIpc) is 3.15. The van der Waals surface area contributed by atoms with Crippen molar-refractivity contribution in [1.29, 1.82) is 0 Å². The van der Waals surface area contributed by atoms with E-state index < -0.39 is 11.9 Å². The van der Waals surface area contributed by atoms with Crippen LogP contribution in [-0.4, -0.2) is 23.3 Å². The molecule has 1 aliphatic heterocycles. The second-order valence-corrected chi connectivity index (χ2v) is 7.44. The van der Waals surface area contributed by atoms with Crippen molar-refractivity contribution >= 4 is 11.9 Å². The molecule has 0 radical (unpaired) electrons. The lowest BCUT2D eigenvalue weighted by Gasteiger charge is -2.29. The molecule has 3 aromatic rings. The van der Waals surface area contributed by atoms with E-state index in [2.05, 4.69) is 21.2 Å². The van der Waals surface area contributed by atoms with Gasteiger partial charge in [-0.1, -0.05) is 23.8 Å². The van der Waals surface area contributed by atoms with Crippen LogP contribution in [0.5, 0.6) is 5.75 Å². The number of piperidine rings is 1. The van der Waals surface area contributed by atoms with Gasteiger partial charge in [0.25, 0.3) is 0 Å². The maximum absolute atomic E-state index is 13.1. The van der Waals surface area contributed by atoms with Gasteiger partial charge >= 0.3 is 6.18 Å². The molecule has 0 spiro atoms. The van der Waals surface area contributed by atoms with E-state index in [4.69, 9.17) is 9.15 Å². The minimum absolute atomic E-state index is 0.00913. The largest absolute Gasteiger partial charge is 0.489 e. The third-order valence-electron chi connectivity index (χ3n) is 5.10. The minimum atomic E-state index is -4.54. The number of benzene rings is 1. The Bertz CT molecular complexity index is 1050. The smallest absolute Gasteiger partial charge is 0.449 e. The molecule has 1 aromatic carbocycles. The highest BCUT2D eigenvalue weighted by molar-refractivity contribution is 5.56. The SMILES string of the molecule is Cc1cc(COc2cccc(C=C3CCN(c4cccnn4)CC3)c2)c(C(F)(F)F)o1. The molecule has 0 N–H and O–H groups in total. The second kappa shape index (κ2) is 8.83. The molecular formula is C23H22F3N3O2. The highest BCUT2D eigenvalue weighted by Gasteiger charge is 2.38. The zero-order valence-electron chi connectivity index (χ0n) is 17.0. The fraction of sp³-hybridized carbons (Fsp3) is 0.304. The monoisotopic (exact) mass is 429 g/mol. The summed E-state index contributed by atoms with van der Waals surface area (Å²) >= 11 is 0. The summed E-state index contributed by atoms with van der Waals surface area (Å²) in [6, 6.07) is 12.6. The van der Waals surface area contributed by atoms with E-state index in [0.717, 1.165) is 37.3 Å². The van der Waals surface area contributed by atoms with Crippen LogP contribution in [-0.2, 0) is 12.8 Å². The van der Waals surface area contributed by atoms with Crippen molar-refractivity contribution in [3.63, 3.8) is 0 Å². The van der Waals surface area contributed by atoms with Crippen LogP contribution in [0.1, 0.15) is 35.5 Å². The van der Waals surface area contributed by atoms with Gasteiger partial charge in [-0.05, 0) is 55.7 Å². The van der Waals surface area contributed by atoms with Crippen LogP contribution in [0.3, 0.4) is 0 Å². The topological polar surface area (TPSA) is 51.4 Å². The van der Waals surface area contributed by atoms with Crippen LogP contribution in [0, 0.1) is 6.92 Å². The lowest BCUT2D eigenvalue weighted by Crippen LogP contribution is -2.31. The number of rotatable bonds is 5. The standard InChI is InChI=1S/C23H22F3N3O2/c1-16-12-19(22(31-16)23(24,25)26)15-30-20-5-2-4-18(14-20)13-17-7-10-29(11-8-17)21-6-3-9-27-28-21/h2-6,9,12-14H,7-8,10-11,15H2,1H3. The number of ether oxygens (including phenoxy) is 1. The van der Waals surface area contributed by atoms with E-state index in [9.17, 15) is 13.2 Å². The van der Waals surface area contributed by atoms with E-state index in [1.165, 1.54) is 18.6 Å². The molecule has 5 nitrogen and oxygen atoms in total. The third kappa shape index (κ3) is 5.25. The van der Waals surface area contributed by atoms with Crippen LogP contribution in [0.15, 0.2) is 58.7 Å². The second-order valence-electron chi connectivity index (χ2n) is 7.44. The molecule has 8 heteroatoms. The molecule has 31 heavy (non-hydrogen) atoms. The summed E-state index contributed by atoms with van der Waals surface area (Å²) < 4.78 is 49.7. The molecule has 0 unspecified atom stereocenters. The summed E-state index contributed by atoms with van der Waals surface area (Å²) in [6.45, 7) is 3.00. The van der Waals surface area contributed by atoms with E-state index in [1.54, 1.807) is 12.3 Å². The number of hydrogen-bond donors (Lipinski definition) is 0. The molecule has 0 bridgehead atoms. The fourth-order valence-electron chi connectivity index (χ4n) is 3.63. The first-order valence-corrected chi connectivity index (χ1v) is 10.00. The first-order valence-electron chi connectivity index (χ1n) is 10.00.